The van der Waals surface area contributed by atoms with Gasteiger partial charge in [0.15, 0.2) is 4.80 Å². The maximum absolute atomic E-state index is 12.7. The fourth-order valence-corrected chi connectivity index (χ4v) is 3.60. The summed E-state index contributed by atoms with van der Waals surface area (Å²) in [4.78, 5) is 27.8. The Hall–Kier alpha value is -3.20. The molecule has 9 heteroatoms. The Morgan fingerprint density at radius 2 is 1.85 bits per heavy atom. The Bertz CT molecular complexity index is 1060. The number of amides is 1. The van der Waals surface area contributed by atoms with E-state index in [1.807, 2.05) is 0 Å². The van der Waals surface area contributed by atoms with Gasteiger partial charge in [-0.2, -0.15) is 4.99 Å². The van der Waals surface area contributed by atoms with Crippen molar-refractivity contribution in [1.82, 2.24) is 4.57 Å². The number of aromatic nitrogens is 1. The van der Waals surface area contributed by atoms with Gasteiger partial charge in [-0.15, -0.1) is 0 Å². The first kappa shape index (κ1) is 17.6. The van der Waals surface area contributed by atoms with Gasteiger partial charge in [0.25, 0.3) is 11.6 Å². The maximum atomic E-state index is 12.7. The molecule has 0 saturated carbocycles. The zero-order valence-electron chi connectivity index (χ0n) is 14.3. The number of rotatable bonds is 4. The normalized spacial score (nSPS) is 11.6. The van der Waals surface area contributed by atoms with Crippen LogP contribution < -0.4 is 14.3 Å². The molecule has 3 aromatic rings. The van der Waals surface area contributed by atoms with E-state index in [1.54, 1.807) is 35.9 Å². The van der Waals surface area contributed by atoms with Crippen LogP contribution in [0.5, 0.6) is 11.5 Å². The van der Waals surface area contributed by atoms with E-state index < -0.39 is 10.8 Å². The van der Waals surface area contributed by atoms with Gasteiger partial charge in [0.2, 0.25) is 0 Å². The van der Waals surface area contributed by atoms with Gasteiger partial charge >= 0.3 is 0 Å². The van der Waals surface area contributed by atoms with Crippen LogP contribution in [0, 0.1) is 10.1 Å². The maximum Gasteiger partial charge on any atom is 0.287 e. The number of hydrogen-bond acceptors (Lipinski definition) is 6. The van der Waals surface area contributed by atoms with E-state index >= 15 is 0 Å². The number of hydrogen-bond donors (Lipinski definition) is 0. The Labute approximate surface area is 152 Å². The first-order valence-electron chi connectivity index (χ1n) is 7.50. The zero-order valence-corrected chi connectivity index (χ0v) is 15.1. The predicted molar refractivity (Wildman–Crippen MR) is 96.9 cm³/mol. The average Bonchev–Trinajstić information content (AvgIpc) is 2.95. The van der Waals surface area contributed by atoms with Crippen molar-refractivity contribution in [3.05, 3.63) is 56.9 Å². The fraction of sp³-hybridized carbons (Fsp3) is 0.176. The molecule has 0 spiro atoms. The van der Waals surface area contributed by atoms with Gasteiger partial charge in [0.05, 0.1) is 29.4 Å². The number of non-ortho nitro benzene ring substituents is 1. The van der Waals surface area contributed by atoms with Gasteiger partial charge in [-0.25, -0.2) is 0 Å². The molecule has 0 aliphatic rings. The molecule has 0 fully saturated rings. The van der Waals surface area contributed by atoms with E-state index in [2.05, 4.69) is 4.99 Å². The molecule has 0 radical (unpaired) electrons. The molecule has 134 valence electrons. The summed E-state index contributed by atoms with van der Waals surface area (Å²) in [7, 11) is 4.67. The summed E-state index contributed by atoms with van der Waals surface area (Å²) in [6.45, 7) is 0. The molecule has 3 rings (SSSR count). The van der Waals surface area contributed by atoms with Crippen LogP contribution in [0.1, 0.15) is 10.4 Å². The highest BCUT2D eigenvalue weighted by atomic mass is 32.1. The van der Waals surface area contributed by atoms with Crippen LogP contribution in [0.15, 0.2) is 41.4 Å². The molecule has 0 aliphatic heterocycles. The second kappa shape index (κ2) is 6.96. The molecule has 0 N–H and O–H groups in total. The Morgan fingerprint density at radius 3 is 2.42 bits per heavy atom. The lowest BCUT2D eigenvalue weighted by atomic mass is 10.1. The van der Waals surface area contributed by atoms with Crippen molar-refractivity contribution in [3.8, 4) is 11.5 Å². The third-order valence-electron chi connectivity index (χ3n) is 3.84. The minimum Gasteiger partial charge on any atom is -0.496 e. The SMILES string of the molecule is COc1cccc(OC)c1C(=O)N=c1sc2cc([N+](=O)[O-])ccc2n1C. The van der Waals surface area contributed by atoms with Crippen LogP contribution in [0.2, 0.25) is 0 Å². The van der Waals surface area contributed by atoms with E-state index in [1.165, 1.54) is 37.7 Å². The summed E-state index contributed by atoms with van der Waals surface area (Å²) in [6, 6.07) is 9.54. The number of carbonyl (C=O) groups is 1. The molecule has 0 saturated heterocycles. The first-order valence-corrected chi connectivity index (χ1v) is 8.32. The highest BCUT2D eigenvalue weighted by Crippen LogP contribution is 2.29. The van der Waals surface area contributed by atoms with E-state index in [9.17, 15) is 14.9 Å². The van der Waals surface area contributed by atoms with Crippen LogP contribution in [0.3, 0.4) is 0 Å². The van der Waals surface area contributed by atoms with E-state index in [0.717, 1.165) is 5.52 Å². The number of nitro benzene ring substituents is 1. The summed E-state index contributed by atoms with van der Waals surface area (Å²) in [6.07, 6.45) is 0. The van der Waals surface area contributed by atoms with Crippen molar-refractivity contribution in [1.29, 1.82) is 0 Å². The van der Waals surface area contributed by atoms with Crippen molar-refractivity contribution >= 4 is 33.1 Å². The highest BCUT2D eigenvalue weighted by Gasteiger charge is 2.18. The zero-order chi connectivity index (χ0) is 18.8. The van der Waals surface area contributed by atoms with Crippen LogP contribution in [0.4, 0.5) is 5.69 Å². The van der Waals surface area contributed by atoms with Gasteiger partial charge in [-0.3, -0.25) is 14.9 Å². The molecule has 2 aromatic carbocycles. The number of methoxy groups -OCH3 is 2. The van der Waals surface area contributed by atoms with Crippen LogP contribution in [-0.2, 0) is 7.05 Å². The lowest BCUT2D eigenvalue weighted by Gasteiger charge is -2.09. The molecular weight excluding hydrogens is 358 g/mol. The minimum atomic E-state index is -0.518. The molecule has 1 amide bonds. The Morgan fingerprint density at radius 1 is 1.19 bits per heavy atom. The molecule has 8 nitrogen and oxygen atoms in total. The van der Waals surface area contributed by atoms with Crippen molar-refractivity contribution in [2.24, 2.45) is 12.0 Å². The predicted octanol–water partition coefficient (Wildman–Crippen LogP) is 2.91. The number of nitro groups is 1. The van der Waals surface area contributed by atoms with Crippen molar-refractivity contribution in [3.63, 3.8) is 0 Å². The number of thiazole rings is 1. The summed E-state index contributed by atoms with van der Waals surface area (Å²) >= 11 is 1.19. The summed E-state index contributed by atoms with van der Waals surface area (Å²) in [5, 5.41) is 10.9. The molecular formula is C17H15N3O5S. The van der Waals surface area contributed by atoms with Crippen molar-refractivity contribution in [2.75, 3.05) is 14.2 Å². The third-order valence-corrected chi connectivity index (χ3v) is 4.94. The number of benzene rings is 2. The largest absolute Gasteiger partial charge is 0.496 e. The lowest BCUT2D eigenvalue weighted by Crippen LogP contribution is -2.14. The molecule has 0 aliphatic carbocycles. The van der Waals surface area contributed by atoms with Gasteiger partial charge in [-0.1, -0.05) is 17.4 Å². The number of carbonyl (C=O) groups excluding carboxylic acids is 1. The standard InChI is InChI=1S/C17H15N3O5S/c1-19-11-8-7-10(20(22)23)9-14(11)26-17(19)18-16(21)15-12(24-2)5-4-6-13(15)25-3/h4-9H,1-3H3. The summed E-state index contributed by atoms with van der Waals surface area (Å²) < 4.78 is 12.9. The van der Waals surface area contributed by atoms with Crippen LogP contribution in [-0.4, -0.2) is 29.6 Å². The second-order valence-corrected chi connectivity index (χ2v) is 6.32. The second-order valence-electron chi connectivity index (χ2n) is 5.31. The van der Waals surface area contributed by atoms with Crippen LogP contribution >= 0.6 is 11.3 Å². The Kier molecular flexibility index (Phi) is 4.72. The molecule has 0 atom stereocenters. The first-order chi connectivity index (χ1) is 12.5. The number of nitrogens with zero attached hydrogens (tertiary/aromatic N) is 3. The van der Waals surface area contributed by atoms with E-state index in [0.29, 0.717) is 21.0 Å². The van der Waals surface area contributed by atoms with Gasteiger partial charge in [-0.05, 0) is 18.2 Å². The average molecular weight is 373 g/mol. The number of ether oxygens (including phenoxy) is 2. The molecule has 1 aromatic heterocycles. The third kappa shape index (κ3) is 3.04. The smallest absolute Gasteiger partial charge is 0.287 e. The van der Waals surface area contributed by atoms with E-state index in [4.69, 9.17) is 9.47 Å². The quantitative estimate of drug-likeness (QED) is 0.517. The fourth-order valence-electron chi connectivity index (χ4n) is 2.55. The lowest BCUT2D eigenvalue weighted by molar-refractivity contribution is -0.384. The van der Waals surface area contributed by atoms with Crippen molar-refractivity contribution in [2.45, 2.75) is 0 Å². The van der Waals surface area contributed by atoms with Gasteiger partial charge in [0, 0.05) is 19.2 Å². The van der Waals surface area contributed by atoms with Gasteiger partial charge < -0.3 is 14.0 Å². The minimum absolute atomic E-state index is 0.0105. The molecule has 0 unspecified atom stereocenters. The summed E-state index contributed by atoms with van der Waals surface area (Å²) in [5.74, 6) is 0.200. The van der Waals surface area contributed by atoms with Crippen LogP contribution in [0.25, 0.3) is 10.2 Å². The topological polar surface area (TPSA) is 96.0 Å². The van der Waals surface area contributed by atoms with E-state index in [-0.39, 0.29) is 11.3 Å². The number of fused-ring (bicyclic) bond motifs is 1. The monoisotopic (exact) mass is 373 g/mol. The molecule has 1 heterocycles. The highest BCUT2D eigenvalue weighted by molar-refractivity contribution is 7.16. The molecule has 0 bridgehead atoms. The Balaban J connectivity index is 2.15. The molecule has 26 heavy (non-hydrogen) atoms. The van der Waals surface area contributed by atoms with Crippen molar-refractivity contribution < 1.29 is 19.2 Å². The van der Waals surface area contributed by atoms with Gasteiger partial charge in [0.1, 0.15) is 17.1 Å². The summed E-state index contributed by atoms with van der Waals surface area (Å²) in [5.41, 5.74) is 0.962. The number of aryl methyl sites for hydroxylation is 1.